The Morgan fingerprint density at radius 3 is 2.13 bits per heavy atom. The maximum absolute atomic E-state index is 3.71. The quantitative estimate of drug-likeness (QED) is 0.246. The molecule has 1 aliphatic carbocycles. The fourth-order valence-corrected chi connectivity index (χ4v) is 4.37. The summed E-state index contributed by atoms with van der Waals surface area (Å²) in [6.45, 7) is 0. The molecule has 0 saturated heterocycles. The maximum Gasteiger partial charge on any atom is 0.160 e. The molecule has 0 nitrogen and oxygen atoms in total. The molecular weight excluding hydrogens is 480 g/mol. The van der Waals surface area contributed by atoms with Gasteiger partial charge in [-0.25, -0.2) is 0 Å². The summed E-state index contributed by atoms with van der Waals surface area (Å²) >= 11 is 11.1. The molecule has 0 amide bonds. The van der Waals surface area contributed by atoms with Gasteiger partial charge in [0.2, 0.25) is 0 Å². The van der Waals surface area contributed by atoms with Gasteiger partial charge in [0, 0.05) is 0 Å². The molecule has 3 aromatic rings. The Balaban J connectivity index is 2.03. The second-order valence-electron chi connectivity index (χ2n) is 5.71. The largest absolute Gasteiger partial charge is 0.160 e. The number of alkyl halides is 3. The minimum Gasteiger partial charge on any atom is -0.0622 e. The van der Waals surface area contributed by atoms with Gasteiger partial charge in [0.1, 0.15) is 0 Å². The summed E-state index contributed by atoms with van der Waals surface area (Å²) < 4.78 is -0.429. The van der Waals surface area contributed by atoms with Gasteiger partial charge < -0.3 is 0 Å². The third-order valence-corrected chi connectivity index (χ3v) is 5.64. The number of benzene rings is 3. The second-order valence-corrected chi connectivity index (χ2v) is 12.5. The van der Waals surface area contributed by atoms with Gasteiger partial charge >= 0.3 is 0 Å². The van der Waals surface area contributed by atoms with Crippen molar-refractivity contribution in [1.82, 2.24) is 0 Å². The van der Waals surface area contributed by atoms with Crippen LogP contribution in [-0.2, 0) is 8.56 Å². The van der Waals surface area contributed by atoms with E-state index in [0.717, 1.165) is 6.42 Å². The van der Waals surface area contributed by atoms with Gasteiger partial charge in [-0.15, -0.1) is 0 Å². The van der Waals surface area contributed by atoms with Gasteiger partial charge in [0.25, 0.3) is 0 Å². The van der Waals surface area contributed by atoms with Crippen molar-refractivity contribution >= 4 is 47.8 Å². The first-order chi connectivity index (χ1) is 11.1. The molecule has 0 unspecified atom stereocenters. The molecular formula is C20H13Br3. The van der Waals surface area contributed by atoms with Crippen molar-refractivity contribution in [3.05, 3.63) is 83.4 Å². The Morgan fingerprint density at radius 2 is 1.39 bits per heavy atom. The first-order valence-electron chi connectivity index (χ1n) is 7.42. The lowest BCUT2D eigenvalue weighted by atomic mass is 9.91. The van der Waals surface area contributed by atoms with Gasteiger partial charge in [-0.1, -0.05) is 115 Å². The molecule has 3 aromatic carbocycles. The SMILES string of the molecule is BrC(Br)(Br)c1ccc2c(c1-c1ccccc1)Cc1ccccc1-2. The van der Waals surface area contributed by atoms with Crippen LogP contribution in [0, 0.1) is 0 Å². The van der Waals surface area contributed by atoms with E-state index >= 15 is 0 Å². The molecule has 0 saturated carbocycles. The second kappa shape index (κ2) is 5.87. The molecule has 0 aromatic heterocycles. The minimum absolute atomic E-state index is 0.429. The molecule has 114 valence electrons. The van der Waals surface area contributed by atoms with Crippen LogP contribution in [0.2, 0.25) is 0 Å². The highest BCUT2D eigenvalue weighted by atomic mass is 80.0. The molecule has 23 heavy (non-hydrogen) atoms. The van der Waals surface area contributed by atoms with Crippen LogP contribution in [0.25, 0.3) is 22.3 Å². The molecule has 1 aliphatic rings. The summed E-state index contributed by atoms with van der Waals surface area (Å²) in [5.74, 6) is 0. The van der Waals surface area contributed by atoms with Crippen LogP contribution in [0.4, 0.5) is 0 Å². The lowest BCUT2D eigenvalue weighted by Gasteiger charge is -2.21. The number of hydrogen-bond acceptors (Lipinski definition) is 0. The van der Waals surface area contributed by atoms with E-state index in [9.17, 15) is 0 Å². The zero-order valence-electron chi connectivity index (χ0n) is 12.2. The van der Waals surface area contributed by atoms with Gasteiger partial charge in [-0.05, 0) is 45.4 Å². The van der Waals surface area contributed by atoms with E-state index in [1.54, 1.807) is 0 Å². The molecule has 0 spiro atoms. The number of rotatable bonds is 1. The predicted molar refractivity (Wildman–Crippen MR) is 109 cm³/mol. The maximum atomic E-state index is 3.71. The van der Waals surface area contributed by atoms with Crippen molar-refractivity contribution in [3.63, 3.8) is 0 Å². The Labute approximate surface area is 161 Å². The van der Waals surface area contributed by atoms with Crippen molar-refractivity contribution in [2.45, 2.75) is 8.56 Å². The van der Waals surface area contributed by atoms with E-state index < -0.39 is 2.14 Å². The molecule has 0 aliphatic heterocycles. The Bertz CT molecular complexity index is 877. The minimum atomic E-state index is -0.429. The Morgan fingerprint density at radius 1 is 0.696 bits per heavy atom. The summed E-state index contributed by atoms with van der Waals surface area (Å²) in [6, 6.07) is 23.7. The third kappa shape index (κ3) is 2.73. The van der Waals surface area contributed by atoms with Crippen LogP contribution in [-0.4, -0.2) is 0 Å². The zero-order chi connectivity index (χ0) is 16.0. The zero-order valence-corrected chi connectivity index (χ0v) is 16.9. The smallest absolute Gasteiger partial charge is 0.0622 e. The Hall–Kier alpha value is -0.900. The van der Waals surface area contributed by atoms with Crippen molar-refractivity contribution in [2.24, 2.45) is 0 Å². The van der Waals surface area contributed by atoms with Crippen LogP contribution in [0.3, 0.4) is 0 Å². The van der Waals surface area contributed by atoms with Crippen LogP contribution >= 0.6 is 47.8 Å². The predicted octanol–water partition coefficient (Wildman–Crippen LogP) is 7.22. The first-order valence-corrected chi connectivity index (χ1v) is 9.80. The molecule has 4 rings (SSSR count). The molecule has 0 fully saturated rings. The van der Waals surface area contributed by atoms with E-state index in [1.165, 1.54) is 38.9 Å². The summed E-state index contributed by atoms with van der Waals surface area (Å²) in [5, 5.41) is 0. The number of fused-ring (bicyclic) bond motifs is 3. The molecule has 3 heteroatoms. The van der Waals surface area contributed by atoms with E-state index in [0.29, 0.717) is 0 Å². The molecule has 0 atom stereocenters. The van der Waals surface area contributed by atoms with Gasteiger partial charge in [0.15, 0.2) is 2.14 Å². The summed E-state index contributed by atoms with van der Waals surface area (Å²) in [4.78, 5) is 0. The molecule has 0 bridgehead atoms. The van der Waals surface area contributed by atoms with Crippen LogP contribution in [0.1, 0.15) is 16.7 Å². The van der Waals surface area contributed by atoms with Crippen LogP contribution < -0.4 is 0 Å². The van der Waals surface area contributed by atoms with Gasteiger partial charge in [-0.3, -0.25) is 0 Å². The monoisotopic (exact) mass is 490 g/mol. The van der Waals surface area contributed by atoms with Crippen LogP contribution in [0.5, 0.6) is 0 Å². The third-order valence-electron chi connectivity index (χ3n) is 4.36. The highest BCUT2D eigenvalue weighted by molar-refractivity contribution is 9.38. The van der Waals surface area contributed by atoms with Crippen molar-refractivity contribution < 1.29 is 0 Å². The highest BCUT2D eigenvalue weighted by Crippen LogP contribution is 2.52. The number of halogens is 3. The fourth-order valence-electron chi connectivity index (χ4n) is 3.38. The molecule has 0 radical (unpaired) electrons. The lowest BCUT2D eigenvalue weighted by Crippen LogP contribution is -2.04. The van der Waals surface area contributed by atoms with E-state index in [4.69, 9.17) is 0 Å². The topological polar surface area (TPSA) is 0 Å². The lowest BCUT2D eigenvalue weighted by molar-refractivity contribution is 1.24. The van der Waals surface area contributed by atoms with Crippen molar-refractivity contribution in [1.29, 1.82) is 0 Å². The van der Waals surface area contributed by atoms with Gasteiger partial charge in [0.05, 0.1) is 0 Å². The van der Waals surface area contributed by atoms with Crippen molar-refractivity contribution in [3.8, 4) is 22.3 Å². The summed E-state index contributed by atoms with van der Waals surface area (Å²) in [5.41, 5.74) is 9.24. The average molecular weight is 493 g/mol. The highest BCUT2D eigenvalue weighted by Gasteiger charge is 2.30. The first kappa shape index (κ1) is 15.6. The van der Waals surface area contributed by atoms with E-state index in [2.05, 4.69) is 115 Å². The Kier molecular flexibility index (Phi) is 3.99. The van der Waals surface area contributed by atoms with Crippen molar-refractivity contribution in [2.75, 3.05) is 0 Å². The van der Waals surface area contributed by atoms with Crippen LogP contribution in [0.15, 0.2) is 66.7 Å². The summed E-state index contributed by atoms with van der Waals surface area (Å²) in [7, 11) is 0. The molecule has 0 N–H and O–H groups in total. The van der Waals surface area contributed by atoms with E-state index in [1.807, 2.05) is 0 Å². The normalized spacial score (nSPS) is 12.8. The summed E-state index contributed by atoms with van der Waals surface area (Å²) in [6.07, 6.45) is 0.979. The average Bonchev–Trinajstić information content (AvgIpc) is 2.92. The van der Waals surface area contributed by atoms with E-state index in [-0.39, 0.29) is 0 Å². The fraction of sp³-hybridized carbons (Fsp3) is 0.100. The van der Waals surface area contributed by atoms with Gasteiger partial charge in [-0.2, -0.15) is 0 Å². The number of hydrogen-bond donors (Lipinski definition) is 0. The molecule has 0 heterocycles. The standard InChI is InChI=1S/C20H13Br3/c21-20(22,23)18-11-10-16-15-9-5-4-8-14(15)12-17(16)19(18)13-6-2-1-3-7-13/h1-11H,12H2.